The Kier molecular flexibility index (Phi) is 9.20. The van der Waals surface area contributed by atoms with Crippen molar-refractivity contribution in [3.63, 3.8) is 0 Å². The third-order valence-electron chi connectivity index (χ3n) is 6.37. The normalized spacial score (nSPS) is 15.8. The minimum Gasteiger partial charge on any atom is -0.496 e. The molecule has 0 spiro atoms. The largest absolute Gasteiger partial charge is 0.496 e. The zero-order valence-electron chi connectivity index (χ0n) is 20.4. The van der Waals surface area contributed by atoms with E-state index in [1.165, 1.54) is 20.0 Å². The monoisotopic (exact) mass is 494 g/mol. The number of rotatable bonds is 11. The van der Waals surface area contributed by atoms with Gasteiger partial charge in [-0.05, 0) is 58.2 Å². The van der Waals surface area contributed by atoms with Crippen LogP contribution in [-0.4, -0.2) is 62.5 Å². The molecule has 0 radical (unpaired) electrons. The lowest BCUT2D eigenvalue weighted by Gasteiger charge is -2.19. The first kappa shape index (κ1) is 26.6. The number of benzene rings is 1. The molecule has 2 aliphatic rings. The lowest BCUT2D eigenvalue weighted by atomic mass is 9.93. The summed E-state index contributed by atoms with van der Waals surface area (Å²) in [5.41, 5.74) is 2.45. The Labute approximate surface area is 203 Å². The Hall–Kier alpha value is -3.01. The van der Waals surface area contributed by atoms with E-state index < -0.39 is 18.3 Å². The van der Waals surface area contributed by atoms with Gasteiger partial charge in [0.25, 0.3) is 5.91 Å². The average molecular weight is 495 g/mol. The van der Waals surface area contributed by atoms with E-state index in [2.05, 4.69) is 10.2 Å². The number of methoxy groups -OCH3 is 1. The lowest BCUT2D eigenvalue weighted by Crippen LogP contribution is -2.25. The number of amides is 1. The molecule has 1 N–H and O–H groups in total. The molecule has 0 bridgehead atoms. The van der Waals surface area contributed by atoms with Crippen LogP contribution < -0.4 is 10.1 Å². The molecule has 35 heavy (non-hydrogen) atoms. The molecule has 8 nitrogen and oxygen atoms in total. The third-order valence-corrected chi connectivity index (χ3v) is 6.37. The fraction of sp³-hybridized carbons (Fsp3) is 0.560. The van der Waals surface area contributed by atoms with Gasteiger partial charge in [0.2, 0.25) is 0 Å². The van der Waals surface area contributed by atoms with Crippen LogP contribution in [0.2, 0.25) is 0 Å². The molecule has 0 atom stereocenters. The number of carbonyl (C=O) groups excluding carboxylic acids is 3. The zero-order valence-corrected chi connectivity index (χ0v) is 20.4. The van der Waals surface area contributed by atoms with Crippen LogP contribution in [0, 0.1) is 6.92 Å². The van der Waals surface area contributed by atoms with Crippen molar-refractivity contribution in [3.8, 4) is 5.75 Å². The van der Waals surface area contributed by atoms with Crippen LogP contribution in [0.25, 0.3) is 0 Å². The summed E-state index contributed by atoms with van der Waals surface area (Å²) >= 11 is 0. The van der Waals surface area contributed by atoms with Gasteiger partial charge in [-0.3, -0.25) is 14.5 Å². The van der Waals surface area contributed by atoms with Crippen molar-refractivity contribution in [1.82, 2.24) is 4.90 Å². The second-order valence-electron chi connectivity index (χ2n) is 8.76. The van der Waals surface area contributed by atoms with Gasteiger partial charge < -0.3 is 19.5 Å². The lowest BCUT2D eigenvalue weighted by molar-refractivity contribution is -0.144. The number of halogens is 2. The molecule has 0 saturated carbocycles. The smallest absolute Gasteiger partial charge is 0.341 e. The standard InChI is InChI=1S/C25H32F2N2O6/c1-15(7-9-19(30)34-13-12-29-10-4-5-11-29)6-8-17-21(28-24(31)23(26)27)20-18(14-35-25(20)32)16(2)22(17)33-3/h6,23H,4-5,7-14H2,1-3H3,(H,28,31)/b15-6+. The molecule has 1 saturated heterocycles. The first-order valence-corrected chi connectivity index (χ1v) is 11.7. The Morgan fingerprint density at radius 2 is 1.94 bits per heavy atom. The maximum absolute atomic E-state index is 13.0. The predicted octanol–water partition coefficient (Wildman–Crippen LogP) is 3.79. The summed E-state index contributed by atoms with van der Waals surface area (Å²) < 4.78 is 41.9. The number of hydrogen-bond acceptors (Lipinski definition) is 7. The van der Waals surface area contributed by atoms with Crippen molar-refractivity contribution in [2.75, 3.05) is 38.7 Å². The fourth-order valence-corrected chi connectivity index (χ4v) is 4.41. The molecule has 2 heterocycles. The van der Waals surface area contributed by atoms with E-state index in [-0.39, 0.29) is 36.7 Å². The van der Waals surface area contributed by atoms with Gasteiger partial charge >= 0.3 is 18.4 Å². The summed E-state index contributed by atoms with van der Waals surface area (Å²) in [6.45, 7) is 6.77. The number of carbonyl (C=O) groups is 3. The zero-order chi connectivity index (χ0) is 25.5. The van der Waals surface area contributed by atoms with Crippen LogP contribution >= 0.6 is 0 Å². The van der Waals surface area contributed by atoms with Crippen LogP contribution in [0.1, 0.15) is 59.7 Å². The van der Waals surface area contributed by atoms with E-state index in [0.717, 1.165) is 25.2 Å². The summed E-state index contributed by atoms with van der Waals surface area (Å²) in [5, 5.41) is 2.19. The number of nitrogens with zero attached hydrogens (tertiary/aromatic N) is 1. The maximum Gasteiger partial charge on any atom is 0.341 e. The van der Waals surface area contributed by atoms with Gasteiger partial charge in [-0.2, -0.15) is 8.78 Å². The molecular weight excluding hydrogens is 462 g/mol. The molecule has 0 unspecified atom stereocenters. The third kappa shape index (κ3) is 6.56. The Morgan fingerprint density at radius 3 is 2.60 bits per heavy atom. The number of nitrogens with one attached hydrogen (secondary N) is 1. The van der Waals surface area contributed by atoms with Crippen LogP contribution in [0.15, 0.2) is 11.6 Å². The summed E-state index contributed by atoms with van der Waals surface area (Å²) in [6, 6.07) is 0. The molecular formula is C25H32F2N2O6. The molecule has 0 aliphatic carbocycles. The highest BCUT2D eigenvalue weighted by Gasteiger charge is 2.33. The number of fused-ring (bicyclic) bond motifs is 1. The van der Waals surface area contributed by atoms with E-state index in [0.29, 0.717) is 35.5 Å². The minimum absolute atomic E-state index is 0.0249. The molecule has 1 aromatic rings. The van der Waals surface area contributed by atoms with Gasteiger partial charge in [0.05, 0.1) is 18.4 Å². The van der Waals surface area contributed by atoms with Gasteiger partial charge in [0, 0.05) is 24.1 Å². The molecule has 1 fully saturated rings. The fourth-order valence-electron chi connectivity index (χ4n) is 4.41. The molecule has 192 valence electrons. The van der Waals surface area contributed by atoms with E-state index in [1.54, 1.807) is 6.92 Å². The van der Waals surface area contributed by atoms with Gasteiger partial charge in [0.1, 0.15) is 19.0 Å². The molecule has 10 heteroatoms. The van der Waals surface area contributed by atoms with Crippen molar-refractivity contribution in [3.05, 3.63) is 33.9 Å². The summed E-state index contributed by atoms with van der Waals surface area (Å²) in [5.74, 6) is -2.10. The van der Waals surface area contributed by atoms with Crippen molar-refractivity contribution in [1.29, 1.82) is 0 Å². The Bertz CT molecular complexity index is 1000. The van der Waals surface area contributed by atoms with Crippen LogP contribution in [0.3, 0.4) is 0 Å². The quantitative estimate of drug-likeness (QED) is 0.370. The summed E-state index contributed by atoms with van der Waals surface area (Å²) in [7, 11) is 1.43. The second-order valence-corrected chi connectivity index (χ2v) is 8.76. The van der Waals surface area contributed by atoms with E-state index >= 15 is 0 Å². The van der Waals surface area contributed by atoms with Crippen molar-refractivity contribution < 1.29 is 37.4 Å². The topological polar surface area (TPSA) is 94.2 Å². The number of anilines is 1. The molecule has 0 aromatic heterocycles. The van der Waals surface area contributed by atoms with Gasteiger partial charge in [0.15, 0.2) is 0 Å². The molecule has 1 amide bonds. The highest BCUT2D eigenvalue weighted by molar-refractivity contribution is 6.06. The highest BCUT2D eigenvalue weighted by Crippen LogP contribution is 2.41. The van der Waals surface area contributed by atoms with Crippen molar-refractivity contribution in [2.24, 2.45) is 0 Å². The minimum atomic E-state index is -3.25. The van der Waals surface area contributed by atoms with E-state index in [9.17, 15) is 23.2 Å². The van der Waals surface area contributed by atoms with E-state index in [4.69, 9.17) is 14.2 Å². The number of cyclic esters (lactones) is 1. The number of likely N-dealkylation sites (tertiary alicyclic amines) is 1. The number of esters is 2. The first-order chi connectivity index (χ1) is 16.7. The molecule has 1 aromatic carbocycles. The highest BCUT2D eigenvalue weighted by atomic mass is 19.3. The van der Waals surface area contributed by atoms with Gasteiger partial charge in [-0.1, -0.05) is 11.6 Å². The molecule has 2 aliphatic heterocycles. The summed E-state index contributed by atoms with van der Waals surface area (Å²) in [6.07, 6.45) is 1.79. The number of allylic oxidation sites excluding steroid dienone is 2. The maximum atomic E-state index is 13.0. The molecule has 3 rings (SSSR count). The Balaban J connectivity index is 1.71. The first-order valence-electron chi connectivity index (χ1n) is 11.7. The average Bonchev–Trinajstić information content (AvgIpc) is 3.48. The van der Waals surface area contributed by atoms with Gasteiger partial charge in [-0.25, -0.2) is 4.79 Å². The number of alkyl halides is 2. The second kappa shape index (κ2) is 12.1. The van der Waals surface area contributed by atoms with Gasteiger partial charge in [-0.15, -0.1) is 0 Å². The van der Waals surface area contributed by atoms with Crippen LogP contribution in [-0.2, 0) is 32.1 Å². The SMILES string of the molecule is COc1c(C)c2c(c(NC(=O)C(F)F)c1C/C=C(\C)CCC(=O)OCCN1CCCC1)C(=O)OC2. The summed E-state index contributed by atoms with van der Waals surface area (Å²) in [4.78, 5) is 38.5. The van der Waals surface area contributed by atoms with E-state index in [1.807, 2.05) is 13.0 Å². The van der Waals surface area contributed by atoms with Crippen molar-refractivity contribution >= 4 is 23.5 Å². The number of hydrogen-bond donors (Lipinski definition) is 1. The van der Waals surface area contributed by atoms with Crippen molar-refractivity contribution in [2.45, 2.75) is 59.0 Å². The predicted molar refractivity (Wildman–Crippen MR) is 125 cm³/mol. The van der Waals surface area contributed by atoms with Crippen LogP contribution in [0.4, 0.5) is 14.5 Å². The Morgan fingerprint density at radius 1 is 1.23 bits per heavy atom. The number of ether oxygens (including phenoxy) is 3. The van der Waals surface area contributed by atoms with Crippen LogP contribution in [0.5, 0.6) is 5.75 Å².